The number of rotatable bonds is 10. The number of unbranched alkanes of at least 4 members (excludes halogenated alkanes) is 1. The number of carbonyl (C=O) groups is 2. The van der Waals surface area contributed by atoms with Gasteiger partial charge in [0.2, 0.25) is 5.89 Å². The Hall–Kier alpha value is -2.67. The van der Waals surface area contributed by atoms with Gasteiger partial charge in [-0.25, -0.2) is 4.98 Å². The second kappa shape index (κ2) is 10.9. The molecular weight excluding hydrogens is 444 g/mol. The number of hydrogen-bond acceptors (Lipinski definition) is 5. The van der Waals surface area contributed by atoms with E-state index >= 15 is 0 Å². The van der Waals surface area contributed by atoms with Gasteiger partial charge in [-0.2, -0.15) is 0 Å². The molecule has 1 saturated carbocycles. The molecule has 5 rings (SSSR count). The average Bonchev–Trinajstić information content (AvgIpc) is 3.61. The molecule has 1 aliphatic carbocycles. The van der Waals surface area contributed by atoms with Crippen LogP contribution in [-0.4, -0.2) is 40.7 Å². The van der Waals surface area contributed by atoms with Gasteiger partial charge in [0, 0.05) is 12.5 Å². The van der Waals surface area contributed by atoms with E-state index in [0.29, 0.717) is 18.1 Å². The van der Waals surface area contributed by atoms with Gasteiger partial charge in [0.15, 0.2) is 5.69 Å². The Morgan fingerprint density at radius 3 is 2.57 bits per heavy atom. The summed E-state index contributed by atoms with van der Waals surface area (Å²) in [6.45, 7) is 0.649. The minimum absolute atomic E-state index is 0.00767. The highest BCUT2D eigenvalue weighted by Crippen LogP contribution is 2.53. The number of benzene rings is 1. The topological polar surface area (TPSA) is 102 Å². The quantitative estimate of drug-likeness (QED) is 0.453. The summed E-state index contributed by atoms with van der Waals surface area (Å²) in [5.74, 6) is 0.167. The predicted molar refractivity (Wildman–Crippen MR) is 130 cm³/mol. The molecule has 4 unspecified atom stereocenters. The first-order valence-electron chi connectivity index (χ1n) is 13.3. The number of amides is 1. The first-order chi connectivity index (χ1) is 17.1. The summed E-state index contributed by atoms with van der Waals surface area (Å²) in [6, 6.07) is 7.67. The molecule has 2 bridgehead atoms. The molecule has 3 aliphatic rings. The minimum atomic E-state index is -0.855. The van der Waals surface area contributed by atoms with Crippen LogP contribution in [0.5, 0.6) is 0 Å². The second-order valence-electron chi connectivity index (χ2n) is 10.4. The number of ether oxygens (including phenoxy) is 1. The van der Waals surface area contributed by atoms with Crippen LogP contribution in [0.2, 0.25) is 0 Å². The average molecular weight is 481 g/mol. The maximum Gasteiger partial charge on any atom is 0.307 e. The van der Waals surface area contributed by atoms with Crippen LogP contribution >= 0.6 is 0 Å². The van der Waals surface area contributed by atoms with E-state index in [2.05, 4.69) is 10.3 Å². The Morgan fingerprint density at radius 2 is 1.77 bits per heavy atom. The lowest BCUT2D eigenvalue weighted by atomic mass is 9.74. The highest BCUT2D eigenvalue weighted by molar-refractivity contribution is 5.91. The predicted octanol–water partition coefficient (Wildman–Crippen LogP) is 5.21. The molecule has 2 N–H and O–H groups in total. The van der Waals surface area contributed by atoms with E-state index in [-0.39, 0.29) is 36.4 Å². The largest absolute Gasteiger partial charge is 0.481 e. The van der Waals surface area contributed by atoms with E-state index in [9.17, 15) is 14.7 Å². The first-order valence-corrected chi connectivity index (χ1v) is 13.3. The fraction of sp³-hybridized carbons (Fsp3) is 0.607. The van der Waals surface area contributed by atoms with Crippen LogP contribution in [0.3, 0.4) is 0 Å². The Morgan fingerprint density at radius 1 is 1.00 bits per heavy atom. The Labute approximate surface area is 206 Å². The number of aromatic nitrogens is 1. The number of carboxylic acids is 1. The van der Waals surface area contributed by atoms with Crippen LogP contribution in [-0.2, 0) is 16.0 Å². The zero-order valence-electron chi connectivity index (χ0n) is 20.3. The van der Waals surface area contributed by atoms with Crippen molar-refractivity contribution in [1.82, 2.24) is 10.3 Å². The van der Waals surface area contributed by atoms with E-state index in [1.807, 2.05) is 24.3 Å². The number of carboxylic acid groups (broad SMARTS) is 1. The van der Waals surface area contributed by atoms with Crippen molar-refractivity contribution in [2.24, 2.45) is 5.92 Å². The van der Waals surface area contributed by atoms with Crippen LogP contribution in [0.4, 0.5) is 0 Å². The van der Waals surface area contributed by atoms with Crippen molar-refractivity contribution in [3.05, 3.63) is 53.2 Å². The molecule has 7 heteroatoms. The van der Waals surface area contributed by atoms with Crippen molar-refractivity contribution in [1.29, 1.82) is 0 Å². The Bertz CT molecular complexity index is 1030. The molecule has 3 fully saturated rings. The molecule has 4 atom stereocenters. The molecule has 188 valence electrons. The molecule has 3 heterocycles. The summed E-state index contributed by atoms with van der Waals surface area (Å²) >= 11 is 0. The maximum absolute atomic E-state index is 12.7. The van der Waals surface area contributed by atoms with Gasteiger partial charge in [-0.05, 0) is 36.3 Å². The number of fused-ring (bicyclic) bond motifs is 2. The van der Waals surface area contributed by atoms with Gasteiger partial charge in [-0.3, -0.25) is 9.59 Å². The monoisotopic (exact) mass is 480 g/mol. The summed E-state index contributed by atoms with van der Waals surface area (Å²) < 4.78 is 12.1. The number of carbonyl (C=O) groups excluding carboxylic acids is 1. The molecular formula is C28H36N2O5. The van der Waals surface area contributed by atoms with Crippen LogP contribution in [0.15, 0.2) is 34.9 Å². The Kier molecular flexibility index (Phi) is 7.51. The zero-order chi connectivity index (χ0) is 24.2. The summed E-state index contributed by atoms with van der Waals surface area (Å²) in [5, 5.41) is 12.4. The molecule has 2 aliphatic heterocycles. The molecule has 2 aromatic rings. The Balaban J connectivity index is 1.21. The normalized spacial score (nSPS) is 26.2. The third-order valence-corrected chi connectivity index (χ3v) is 8.12. The summed E-state index contributed by atoms with van der Waals surface area (Å²) in [5.41, 5.74) is 2.07. The number of aliphatic carboxylic acids is 1. The summed E-state index contributed by atoms with van der Waals surface area (Å²) in [7, 11) is 0. The van der Waals surface area contributed by atoms with Gasteiger partial charge >= 0.3 is 5.97 Å². The van der Waals surface area contributed by atoms with Gasteiger partial charge in [-0.15, -0.1) is 0 Å². The van der Waals surface area contributed by atoms with E-state index < -0.39 is 5.97 Å². The van der Waals surface area contributed by atoms with Gasteiger partial charge in [-0.1, -0.05) is 69.2 Å². The highest BCUT2D eigenvalue weighted by atomic mass is 16.5. The van der Waals surface area contributed by atoms with Crippen LogP contribution in [0, 0.1) is 5.92 Å². The third-order valence-electron chi connectivity index (χ3n) is 8.12. The van der Waals surface area contributed by atoms with Crippen molar-refractivity contribution in [3.8, 4) is 0 Å². The van der Waals surface area contributed by atoms with Crippen molar-refractivity contribution < 1.29 is 23.8 Å². The number of oxazole rings is 1. The molecule has 1 amide bonds. The van der Waals surface area contributed by atoms with Gasteiger partial charge in [0.1, 0.15) is 6.26 Å². The first kappa shape index (κ1) is 24.0. The van der Waals surface area contributed by atoms with E-state index in [1.54, 1.807) is 0 Å². The molecule has 35 heavy (non-hydrogen) atoms. The molecule has 2 saturated heterocycles. The van der Waals surface area contributed by atoms with Crippen molar-refractivity contribution in [3.63, 3.8) is 0 Å². The number of hydrogen-bond donors (Lipinski definition) is 2. The fourth-order valence-corrected chi connectivity index (χ4v) is 6.44. The standard InChI is InChI=1S/C28H36N2O5/c31-24(32)16-19-11-4-5-12-20(19)25-22-13-14-23(35-22)26(25)28-30-21(17-34-28)27(33)29-15-7-6-10-18-8-2-1-3-9-18/h4-5,11-12,17-18,22-23,25-26H,1-3,6-10,13-16H2,(H,29,33)(H,31,32). The van der Waals surface area contributed by atoms with Crippen LogP contribution in [0.25, 0.3) is 0 Å². The SMILES string of the molecule is O=C(O)Cc1ccccc1C1C2CCC(O2)C1c1nc(C(=O)NCCCCC2CCCCC2)co1. The van der Waals surface area contributed by atoms with Gasteiger partial charge < -0.3 is 19.6 Å². The molecule has 1 aromatic heterocycles. The molecule has 0 radical (unpaired) electrons. The minimum Gasteiger partial charge on any atom is -0.481 e. The van der Waals surface area contributed by atoms with Crippen LogP contribution < -0.4 is 5.32 Å². The molecule has 7 nitrogen and oxygen atoms in total. The lowest BCUT2D eigenvalue weighted by Gasteiger charge is -2.27. The zero-order valence-corrected chi connectivity index (χ0v) is 20.3. The third kappa shape index (κ3) is 5.45. The van der Waals surface area contributed by atoms with Gasteiger partial charge in [0.25, 0.3) is 5.91 Å². The number of nitrogens with one attached hydrogen (secondary N) is 1. The highest BCUT2D eigenvalue weighted by Gasteiger charge is 2.52. The second-order valence-corrected chi connectivity index (χ2v) is 10.4. The van der Waals surface area contributed by atoms with E-state index in [4.69, 9.17) is 9.15 Å². The maximum atomic E-state index is 12.7. The fourth-order valence-electron chi connectivity index (χ4n) is 6.44. The van der Waals surface area contributed by atoms with Crippen molar-refractivity contribution in [2.45, 2.75) is 94.7 Å². The summed E-state index contributed by atoms with van der Waals surface area (Å²) in [4.78, 5) is 28.7. The summed E-state index contributed by atoms with van der Waals surface area (Å²) in [6.07, 6.45) is 13.5. The van der Waals surface area contributed by atoms with Crippen molar-refractivity contribution in [2.75, 3.05) is 6.54 Å². The smallest absolute Gasteiger partial charge is 0.307 e. The lowest BCUT2D eigenvalue weighted by Crippen LogP contribution is -2.26. The molecule has 0 spiro atoms. The van der Waals surface area contributed by atoms with E-state index in [1.165, 1.54) is 44.8 Å². The van der Waals surface area contributed by atoms with Gasteiger partial charge in [0.05, 0.1) is 24.5 Å². The molecule has 1 aromatic carbocycles. The van der Waals surface area contributed by atoms with Crippen molar-refractivity contribution >= 4 is 11.9 Å². The lowest BCUT2D eigenvalue weighted by molar-refractivity contribution is -0.136. The van der Waals surface area contributed by atoms with Crippen LogP contribution in [0.1, 0.15) is 104 Å². The van der Waals surface area contributed by atoms with E-state index in [0.717, 1.165) is 42.7 Å². The number of nitrogens with zero attached hydrogens (tertiary/aromatic N) is 1.